The van der Waals surface area contributed by atoms with Gasteiger partial charge in [-0.2, -0.15) is 5.26 Å². The number of rotatable bonds is 3. The fourth-order valence-electron chi connectivity index (χ4n) is 2.00. The van der Waals surface area contributed by atoms with Gasteiger partial charge in [0, 0.05) is 6.07 Å². The molecule has 0 amide bonds. The van der Waals surface area contributed by atoms with Crippen LogP contribution in [0.15, 0.2) is 41.2 Å². The van der Waals surface area contributed by atoms with Crippen molar-refractivity contribution in [3.8, 4) is 11.9 Å². The van der Waals surface area contributed by atoms with Gasteiger partial charge in [0.05, 0.1) is 6.54 Å². The van der Waals surface area contributed by atoms with Crippen LogP contribution >= 0.6 is 0 Å². The highest BCUT2D eigenvalue weighted by molar-refractivity contribution is 5.44. The van der Waals surface area contributed by atoms with Crippen LogP contribution in [-0.2, 0) is 13.0 Å². The Balaban J connectivity index is 2.53. The first-order valence-corrected chi connectivity index (χ1v) is 6.07. The predicted octanol–water partition coefficient (Wildman–Crippen LogP) is 2.04. The summed E-state index contributed by atoms with van der Waals surface area (Å²) in [5.41, 5.74) is 1.36. The summed E-state index contributed by atoms with van der Waals surface area (Å²) in [5, 5.41) is 19.2. The van der Waals surface area contributed by atoms with E-state index in [1.54, 1.807) is 0 Å². The number of pyridine rings is 1. The van der Waals surface area contributed by atoms with Crippen LogP contribution in [0, 0.1) is 11.3 Å². The molecule has 0 atom stereocenters. The molecule has 1 heterocycles. The van der Waals surface area contributed by atoms with Gasteiger partial charge in [-0.3, -0.25) is 9.36 Å². The summed E-state index contributed by atoms with van der Waals surface area (Å²) >= 11 is 0. The molecule has 0 saturated heterocycles. The molecule has 0 saturated carbocycles. The normalized spacial score (nSPS) is 10.1. The van der Waals surface area contributed by atoms with Gasteiger partial charge in [0.1, 0.15) is 11.6 Å². The van der Waals surface area contributed by atoms with Crippen molar-refractivity contribution in [2.45, 2.75) is 19.9 Å². The minimum Gasteiger partial charge on any atom is -0.493 e. The molecule has 4 heteroatoms. The predicted molar refractivity (Wildman–Crippen MR) is 72.0 cm³/mol. The molecule has 0 unspecified atom stereocenters. The topological polar surface area (TPSA) is 66.0 Å². The second kappa shape index (κ2) is 5.40. The van der Waals surface area contributed by atoms with Crippen molar-refractivity contribution in [1.82, 2.24) is 4.57 Å². The summed E-state index contributed by atoms with van der Waals surface area (Å²) in [6.45, 7) is 2.10. The Hall–Kier alpha value is -2.54. The van der Waals surface area contributed by atoms with Crippen molar-refractivity contribution in [2.75, 3.05) is 0 Å². The molecule has 2 rings (SSSR count). The van der Waals surface area contributed by atoms with Crippen LogP contribution in [0.4, 0.5) is 0 Å². The number of nitrogens with zero attached hydrogens (tertiary/aromatic N) is 2. The summed E-state index contributed by atoms with van der Waals surface area (Å²) in [6, 6.07) is 12.7. The van der Waals surface area contributed by atoms with Crippen LogP contribution in [0.1, 0.15) is 23.6 Å². The van der Waals surface area contributed by atoms with Gasteiger partial charge in [-0.15, -0.1) is 0 Å². The van der Waals surface area contributed by atoms with Crippen molar-refractivity contribution >= 4 is 0 Å². The van der Waals surface area contributed by atoms with E-state index in [1.807, 2.05) is 43.3 Å². The number of aryl methyl sites for hydroxylation is 1. The second-order valence-electron chi connectivity index (χ2n) is 4.24. The summed E-state index contributed by atoms with van der Waals surface area (Å²) < 4.78 is 1.22. The molecule has 0 aliphatic carbocycles. The Bertz CT molecular complexity index is 682. The lowest BCUT2D eigenvalue weighted by atomic mass is 10.1. The monoisotopic (exact) mass is 254 g/mol. The largest absolute Gasteiger partial charge is 0.493 e. The average molecular weight is 254 g/mol. The van der Waals surface area contributed by atoms with Crippen molar-refractivity contribution in [1.29, 1.82) is 5.26 Å². The molecular weight excluding hydrogens is 240 g/mol. The van der Waals surface area contributed by atoms with Crippen LogP contribution < -0.4 is 5.56 Å². The molecule has 96 valence electrons. The van der Waals surface area contributed by atoms with E-state index in [1.165, 1.54) is 10.6 Å². The molecule has 2 aromatic rings. The van der Waals surface area contributed by atoms with E-state index in [2.05, 4.69) is 0 Å². The van der Waals surface area contributed by atoms with E-state index >= 15 is 0 Å². The van der Waals surface area contributed by atoms with Crippen LogP contribution in [0.2, 0.25) is 0 Å². The first-order valence-electron chi connectivity index (χ1n) is 6.07. The number of aromatic nitrogens is 1. The van der Waals surface area contributed by atoms with Crippen molar-refractivity contribution < 1.29 is 5.11 Å². The number of hydrogen-bond acceptors (Lipinski definition) is 3. The molecule has 0 aliphatic rings. The third-order valence-electron chi connectivity index (χ3n) is 3.04. The zero-order valence-corrected chi connectivity index (χ0v) is 10.6. The smallest absolute Gasteiger partial charge is 0.253 e. The van der Waals surface area contributed by atoms with Crippen LogP contribution in [0.25, 0.3) is 0 Å². The van der Waals surface area contributed by atoms with Gasteiger partial charge in [-0.05, 0) is 17.5 Å². The Morgan fingerprint density at radius 2 is 2.00 bits per heavy atom. The van der Waals surface area contributed by atoms with E-state index in [4.69, 9.17) is 5.26 Å². The maximum absolute atomic E-state index is 12.0. The molecule has 1 N–H and O–H groups in total. The number of nitriles is 1. The average Bonchev–Trinajstić information content (AvgIpc) is 2.44. The minimum atomic E-state index is -0.294. The molecule has 0 radical (unpaired) electrons. The highest BCUT2D eigenvalue weighted by Crippen LogP contribution is 2.19. The second-order valence-corrected chi connectivity index (χ2v) is 4.24. The zero-order chi connectivity index (χ0) is 13.8. The molecule has 1 aromatic carbocycles. The minimum absolute atomic E-state index is 0.179. The highest BCUT2D eigenvalue weighted by Gasteiger charge is 2.13. The Morgan fingerprint density at radius 1 is 1.32 bits per heavy atom. The number of benzene rings is 1. The third kappa shape index (κ3) is 2.50. The van der Waals surface area contributed by atoms with Crippen LogP contribution in [0.5, 0.6) is 5.88 Å². The Labute approximate surface area is 111 Å². The maximum atomic E-state index is 12.0. The summed E-state index contributed by atoms with van der Waals surface area (Å²) in [7, 11) is 0. The first-order chi connectivity index (χ1) is 9.17. The quantitative estimate of drug-likeness (QED) is 0.911. The number of hydrogen-bond donors (Lipinski definition) is 1. The molecule has 0 spiro atoms. The summed E-state index contributed by atoms with van der Waals surface area (Å²) in [4.78, 5) is 12.0. The lowest BCUT2D eigenvalue weighted by molar-refractivity contribution is 0.412. The van der Waals surface area contributed by atoms with Gasteiger partial charge < -0.3 is 5.11 Å². The molecule has 4 nitrogen and oxygen atoms in total. The Kier molecular flexibility index (Phi) is 3.67. The highest BCUT2D eigenvalue weighted by atomic mass is 16.3. The molecular formula is C15H14N2O2. The van der Waals surface area contributed by atoms with E-state index in [-0.39, 0.29) is 23.5 Å². The summed E-state index contributed by atoms with van der Waals surface area (Å²) in [5.74, 6) is -0.254. The zero-order valence-electron chi connectivity index (χ0n) is 10.6. The standard InChI is InChI=1S/C15H14N2O2/c1-2-12-8-14(18)17(15(19)13(12)9-16)10-11-6-4-3-5-7-11/h3-8,19H,2,10H2,1H3. The first kappa shape index (κ1) is 12.9. The van der Waals surface area contributed by atoms with Crippen LogP contribution in [-0.4, -0.2) is 9.67 Å². The van der Waals surface area contributed by atoms with E-state index < -0.39 is 0 Å². The third-order valence-corrected chi connectivity index (χ3v) is 3.04. The van der Waals surface area contributed by atoms with Gasteiger partial charge in [0.2, 0.25) is 5.88 Å². The van der Waals surface area contributed by atoms with Gasteiger partial charge in [0.25, 0.3) is 5.56 Å². The molecule has 0 aliphatic heterocycles. The SMILES string of the molecule is CCc1cc(=O)n(Cc2ccccc2)c(O)c1C#N. The van der Waals surface area contributed by atoms with E-state index in [0.29, 0.717) is 12.0 Å². The van der Waals surface area contributed by atoms with Crippen molar-refractivity contribution in [3.63, 3.8) is 0 Å². The van der Waals surface area contributed by atoms with Crippen LogP contribution in [0.3, 0.4) is 0 Å². The molecule has 19 heavy (non-hydrogen) atoms. The lowest BCUT2D eigenvalue weighted by Crippen LogP contribution is -2.21. The summed E-state index contributed by atoms with van der Waals surface area (Å²) in [6.07, 6.45) is 0.540. The lowest BCUT2D eigenvalue weighted by Gasteiger charge is -2.11. The van der Waals surface area contributed by atoms with E-state index in [0.717, 1.165) is 5.56 Å². The fraction of sp³-hybridized carbons (Fsp3) is 0.200. The molecule has 0 fully saturated rings. The van der Waals surface area contributed by atoms with E-state index in [9.17, 15) is 9.90 Å². The Morgan fingerprint density at radius 3 is 2.58 bits per heavy atom. The molecule has 0 bridgehead atoms. The van der Waals surface area contributed by atoms with Gasteiger partial charge in [-0.25, -0.2) is 0 Å². The number of aromatic hydroxyl groups is 1. The fourth-order valence-corrected chi connectivity index (χ4v) is 2.00. The van der Waals surface area contributed by atoms with Gasteiger partial charge in [0.15, 0.2) is 0 Å². The molecule has 1 aromatic heterocycles. The van der Waals surface area contributed by atoms with Crippen molar-refractivity contribution in [3.05, 3.63) is 63.4 Å². The van der Waals surface area contributed by atoms with Gasteiger partial charge >= 0.3 is 0 Å². The maximum Gasteiger partial charge on any atom is 0.253 e. The van der Waals surface area contributed by atoms with Crippen molar-refractivity contribution in [2.24, 2.45) is 0 Å². The van der Waals surface area contributed by atoms with Gasteiger partial charge in [-0.1, -0.05) is 37.3 Å².